The summed E-state index contributed by atoms with van der Waals surface area (Å²) in [5.41, 5.74) is 0. The fourth-order valence-electron chi connectivity index (χ4n) is 0. The van der Waals surface area contributed by atoms with Crippen molar-refractivity contribution in [1.82, 2.24) is 0 Å². The molecule has 0 bridgehead atoms. The molecule has 0 saturated carbocycles. The first-order valence-corrected chi connectivity index (χ1v) is 3.13. The van der Waals surface area contributed by atoms with Crippen LogP contribution in [-0.4, -0.2) is 18.5 Å². The van der Waals surface area contributed by atoms with Gasteiger partial charge >= 0.3 is 5.97 Å². The summed E-state index contributed by atoms with van der Waals surface area (Å²) in [7, 11) is 1.35. The number of rotatable bonds is 0. The first-order chi connectivity index (χ1) is 4.00. The molecule has 0 aromatic rings. The Kier molecular flexibility index (Phi) is 9.95. The minimum atomic E-state index is -0.245. The Hall–Kier alpha value is -0.240. The summed E-state index contributed by atoms with van der Waals surface area (Å²) in [6.45, 7) is 5.23. The Morgan fingerprint density at radius 1 is 1.56 bits per heavy atom. The predicted octanol–water partition coefficient (Wildman–Crippen LogP) is 1.81. The van der Waals surface area contributed by atoms with Gasteiger partial charge in [-0.05, 0) is 13.8 Å². The number of alkyl halides is 1. The molecule has 0 heterocycles. The SMILES string of the molecule is CC(C)Cl.COC(C)=O. The van der Waals surface area contributed by atoms with Gasteiger partial charge in [0.05, 0.1) is 7.11 Å². The lowest BCUT2D eigenvalue weighted by molar-refractivity contribution is -0.137. The number of esters is 1. The van der Waals surface area contributed by atoms with Crippen molar-refractivity contribution in [3.63, 3.8) is 0 Å². The van der Waals surface area contributed by atoms with E-state index in [1.807, 2.05) is 13.8 Å². The maximum absolute atomic E-state index is 9.59. The largest absolute Gasteiger partial charge is 0.469 e. The maximum atomic E-state index is 9.59. The smallest absolute Gasteiger partial charge is 0.302 e. The van der Waals surface area contributed by atoms with Gasteiger partial charge in [0.25, 0.3) is 0 Å². The molecule has 0 spiro atoms. The van der Waals surface area contributed by atoms with Crippen LogP contribution in [0.25, 0.3) is 0 Å². The van der Waals surface area contributed by atoms with Crippen LogP contribution in [0.5, 0.6) is 0 Å². The number of halogens is 1. The fraction of sp³-hybridized carbons (Fsp3) is 0.833. The number of hydrogen-bond acceptors (Lipinski definition) is 2. The highest BCUT2D eigenvalue weighted by Gasteiger charge is 1.75. The summed E-state index contributed by atoms with van der Waals surface area (Å²) >= 11 is 5.27. The summed E-state index contributed by atoms with van der Waals surface area (Å²) in [6.07, 6.45) is 0. The summed E-state index contributed by atoms with van der Waals surface area (Å²) in [5, 5.41) is 0.306. The van der Waals surface area contributed by atoms with E-state index in [1.54, 1.807) is 0 Å². The van der Waals surface area contributed by atoms with Gasteiger partial charge in [0.15, 0.2) is 0 Å². The normalized spacial score (nSPS) is 7.78. The van der Waals surface area contributed by atoms with E-state index in [-0.39, 0.29) is 5.97 Å². The Bertz CT molecular complexity index is 68.7. The molecule has 0 aliphatic heterocycles. The van der Waals surface area contributed by atoms with Crippen LogP contribution in [-0.2, 0) is 9.53 Å². The molecule has 0 radical (unpaired) electrons. The molecule has 56 valence electrons. The molecule has 2 nitrogen and oxygen atoms in total. The van der Waals surface area contributed by atoms with Crippen LogP contribution in [0.15, 0.2) is 0 Å². The average Bonchev–Trinajstić information content (AvgIpc) is 1.65. The van der Waals surface area contributed by atoms with Crippen molar-refractivity contribution in [3.05, 3.63) is 0 Å². The number of hydrogen-bond donors (Lipinski definition) is 0. The fourth-order valence-corrected chi connectivity index (χ4v) is 0. The van der Waals surface area contributed by atoms with Crippen LogP contribution in [0.1, 0.15) is 20.8 Å². The van der Waals surface area contributed by atoms with Crippen molar-refractivity contribution in [2.45, 2.75) is 26.1 Å². The van der Waals surface area contributed by atoms with Crippen molar-refractivity contribution in [1.29, 1.82) is 0 Å². The summed E-state index contributed by atoms with van der Waals surface area (Å²) in [6, 6.07) is 0. The van der Waals surface area contributed by atoms with Crippen LogP contribution in [0.4, 0.5) is 0 Å². The Morgan fingerprint density at radius 2 is 1.67 bits per heavy atom. The van der Waals surface area contributed by atoms with E-state index < -0.39 is 0 Å². The summed E-state index contributed by atoms with van der Waals surface area (Å²) in [4.78, 5) is 9.59. The molecule has 0 unspecified atom stereocenters. The minimum Gasteiger partial charge on any atom is -0.469 e. The van der Waals surface area contributed by atoms with Gasteiger partial charge in [-0.15, -0.1) is 11.6 Å². The molecule has 0 aromatic carbocycles. The lowest BCUT2D eigenvalue weighted by atomic mass is 10.6. The second-order valence-electron chi connectivity index (χ2n) is 1.71. The van der Waals surface area contributed by atoms with Crippen molar-refractivity contribution in [3.8, 4) is 0 Å². The highest BCUT2D eigenvalue weighted by atomic mass is 35.5. The topological polar surface area (TPSA) is 26.3 Å². The lowest BCUT2D eigenvalue weighted by Crippen LogP contribution is -1.88. The van der Waals surface area contributed by atoms with Gasteiger partial charge in [-0.25, -0.2) is 0 Å². The zero-order chi connectivity index (χ0) is 7.86. The van der Waals surface area contributed by atoms with Crippen LogP contribution in [0.2, 0.25) is 0 Å². The van der Waals surface area contributed by atoms with Gasteiger partial charge in [0, 0.05) is 12.3 Å². The summed E-state index contributed by atoms with van der Waals surface area (Å²) < 4.78 is 4.11. The van der Waals surface area contributed by atoms with E-state index in [0.29, 0.717) is 5.38 Å². The second-order valence-corrected chi connectivity index (χ2v) is 2.58. The van der Waals surface area contributed by atoms with E-state index >= 15 is 0 Å². The van der Waals surface area contributed by atoms with Gasteiger partial charge < -0.3 is 4.74 Å². The third-order valence-electron chi connectivity index (χ3n) is 0.287. The molecule has 0 aliphatic rings. The summed E-state index contributed by atoms with van der Waals surface area (Å²) in [5.74, 6) is -0.245. The van der Waals surface area contributed by atoms with E-state index in [9.17, 15) is 4.79 Å². The zero-order valence-corrected chi connectivity index (χ0v) is 7.03. The van der Waals surface area contributed by atoms with Crippen molar-refractivity contribution in [2.75, 3.05) is 7.11 Å². The molecule has 0 aliphatic carbocycles. The number of ether oxygens (including phenoxy) is 1. The molecular weight excluding hydrogens is 140 g/mol. The Labute approximate surface area is 61.1 Å². The predicted molar refractivity (Wildman–Crippen MR) is 38.7 cm³/mol. The quantitative estimate of drug-likeness (QED) is 0.391. The van der Waals surface area contributed by atoms with Gasteiger partial charge in [0.2, 0.25) is 0 Å². The standard InChI is InChI=1S/C3H7Cl.C3H6O2/c1-3(2)4;1-3(4)5-2/h3H,1-2H3;1-2H3. The third kappa shape index (κ3) is 83.1. The van der Waals surface area contributed by atoms with Crippen molar-refractivity contribution in [2.24, 2.45) is 0 Å². The van der Waals surface area contributed by atoms with E-state index in [1.165, 1.54) is 14.0 Å². The highest BCUT2D eigenvalue weighted by Crippen LogP contribution is 1.84. The van der Waals surface area contributed by atoms with Gasteiger partial charge in [0.1, 0.15) is 0 Å². The molecule has 0 rings (SSSR count). The van der Waals surface area contributed by atoms with Gasteiger partial charge in [-0.3, -0.25) is 4.79 Å². The number of methoxy groups -OCH3 is 1. The average molecular weight is 153 g/mol. The first kappa shape index (κ1) is 11.5. The molecule has 0 atom stereocenters. The molecule has 0 amide bonds. The second kappa shape index (κ2) is 7.76. The minimum absolute atomic E-state index is 0.245. The molecule has 0 saturated heterocycles. The number of carbonyl (C=O) groups is 1. The van der Waals surface area contributed by atoms with Crippen molar-refractivity contribution >= 4 is 17.6 Å². The zero-order valence-electron chi connectivity index (χ0n) is 6.27. The first-order valence-electron chi connectivity index (χ1n) is 2.69. The van der Waals surface area contributed by atoms with E-state index in [0.717, 1.165) is 0 Å². The maximum Gasteiger partial charge on any atom is 0.302 e. The monoisotopic (exact) mass is 152 g/mol. The van der Waals surface area contributed by atoms with Crippen molar-refractivity contribution < 1.29 is 9.53 Å². The Balaban J connectivity index is 0. The molecule has 3 heteroatoms. The highest BCUT2D eigenvalue weighted by molar-refractivity contribution is 6.20. The van der Waals surface area contributed by atoms with Crippen LogP contribution in [0, 0.1) is 0 Å². The number of carbonyl (C=O) groups excluding carboxylic acids is 1. The van der Waals surface area contributed by atoms with Crippen LogP contribution >= 0.6 is 11.6 Å². The molecule has 9 heavy (non-hydrogen) atoms. The molecular formula is C6H13ClO2. The van der Waals surface area contributed by atoms with Crippen LogP contribution < -0.4 is 0 Å². The molecule has 0 fully saturated rings. The van der Waals surface area contributed by atoms with Gasteiger partial charge in [-0.2, -0.15) is 0 Å². The van der Waals surface area contributed by atoms with E-state index in [2.05, 4.69) is 4.74 Å². The van der Waals surface area contributed by atoms with Crippen LogP contribution in [0.3, 0.4) is 0 Å². The third-order valence-corrected chi connectivity index (χ3v) is 0.287. The van der Waals surface area contributed by atoms with E-state index in [4.69, 9.17) is 11.6 Å². The molecule has 0 aromatic heterocycles. The Morgan fingerprint density at radius 3 is 1.67 bits per heavy atom. The molecule has 0 N–H and O–H groups in total. The lowest BCUT2D eigenvalue weighted by Gasteiger charge is -1.80. The van der Waals surface area contributed by atoms with Gasteiger partial charge in [-0.1, -0.05) is 0 Å².